The summed E-state index contributed by atoms with van der Waals surface area (Å²) in [6, 6.07) is 13.7. The molecule has 1 saturated heterocycles. The second-order valence-electron chi connectivity index (χ2n) is 9.56. The number of phenols is 1. The molecule has 1 fully saturated rings. The second kappa shape index (κ2) is 11.1. The zero-order valence-corrected chi connectivity index (χ0v) is 20.8. The molecule has 7 heteroatoms. The van der Waals surface area contributed by atoms with E-state index in [-0.39, 0.29) is 24.2 Å². The molecular weight excluding hydrogens is 444 g/mol. The van der Waals surface area contributed by atoms with Gasteiger partial charge in [-0.2, -0.15) is 0 Å². The van der Waals surface area contributed by atoms with Crippen molar-refractivity contribution < 1.29 is 19.1 Å². The maximum atomic E-state index is 12.1. The third-order valence-electron chi connectivity index (χ3n) is 6.45. The van der Waals surface area contributed by atoms with Gasteiger partial charge in [-0.15, -0.1) is 0 Å². The smallest absolute Gasteiger partial charge is 0.336 e. The lowest BCUT2D eigenvalue weighted by Gasteiger charge is -2.35. The van der Waals surface area contributed by atoms with Crippen LogP contribution in [0, 0.1) is 6.92 Å². The summed E-state index contributed by atoms with van der Waals surface area (Å²) < 4.78 is 10.8. The Balaban J connectivity index is 1.53. The minimum Gasteiger partial charge on any atom is -0.507 e. The number of carbonyl (C=O) groups excluding carboxylic acids is 1. The number of aryl methyl sites for hydroxylation is 2. The summed E-state index contributed by atoms with van der Waals surface area (Å²) in [5.74, 6) is -0.206. The molecule has 0 spiro atoms. The molecule has 2 heterocycles. The minimum atomic E-state index is -0.434. The number of piperazine rings is 1. The average molecular weight is 479 g/mol. The highest BCUT2D eigenvalue weighted by molar-refractivity contribution is 5.86. The summed E-state index contributed by atoms with van der Waals surface area (Å²) in [6.07, 6.45) is 0.342. The van der Waals surface area contributed by atoms with Crippen molar-refractivity contribution >= 4 is 16.9 Å². The SMILES string of the molecule is Cc1cc(=O)oc2c(CN3CCN(Cc4ccccc4)CC3)c(O)c(CCC(=O)OC(C)C)cc12. The topological polar surface area (TPSA) is 83.2 Å². The number of ether oxygens (including phenoxy) is 1. The van der Waals surface area contributed by atoms with Crippen molar-refractivity contribution in [3.05, 3.63) is 75.1 Å². The van der Waals surface area contributed by atoms with E-state index in [1.807, 2.05) is 32.9 Å². The van der Waals surface area contributed by atoms with Crippen LogP contribution in [0.2, 0.25) is 0 Å². The maximum Gasteiger partial charge on any atom is 0.336 e. The number of aromatic hydroxyl groups is 1. The molecule has 0 atom stereocenters. The van der Waals surface area contributed by atoms with E-state index in [0.29, 0.717) is 29.7 Å². The van der Waals surface area contributed by atoms with Crippen molar-refractivity contribution in [1.29, 1.82) is 0 Å². The molecule has 1 aliphatic heterocycles. The highest BCUT2D eigenvalue weighted by atomic mass is 16.5. The molecule has 35 heavy (non-hydrogen) atoms. The molecule has 0 saturated carbocycles. The number of carbonyl (C=O) groups is 1. The van der Waals surface area contributed by atoms with Gasteiger partial charge in [0.2, 0.25) is 0 Å². The third-order valence-corrected chi connectivity index (χ3v) is 6.45. The summed E-state index contributed by atoms with van der Waals surface area (Å²) >= 11 is 0. The number of phenolic OH excluding ortho intramolecular Hbond substituents is 1. The lowest BCUT2D eigenvalue weighted by atomic mass is 9.98. The number of benzene rings is 2. The van der Waals surface area contributed by atoms with Crippen LogP contribution in [0.5, 0.6) is 5.75 Å². The summed E-state index contributed by atoms with van der Waals surface area (Å²) in [6.45, 7) is 10.4. The fourth-order valence-electron chi connectivity index (χ4n) is 4.63. The van der Waals surface area contributed by atoms with E-state index in [9.17, 15) is 14.7 Å². The fourth-order valence-corrected chi connectivity index (χ4v) is 4.63. The van der Waals surface area contributed by atoms with E-state index >= 15 is 0 Å². The van der Waals surface area contributed by atoms with E-state index in [1.165, 1.54) is 11.6 Å². The van der Waals surface area contributed by atoms with Gasteiger partial charge in [-0.1, -0.05) is 30.3 Å². The van der Waals surface area contributed by atoms with Crippen molar-refractivity contribution in [1.82, 2.24) is 9.80 Å². The van der Waals surface area contributed by atoms with Crippen LogP contribution in [-0.2, 0) is 29.0 Å². The predicted molar refractivity (Wildman–Crippen MR) is 135 cm³/mol. The zero-order chi connectivity index (χ0) is 24.9. The number of esters is 1. The van der Waals surface area contributed by atoms with Gasteiger partial charge in [-0.05, 0) is 49.9 Å². The maximum absolute atomic E-state index is 12.1. The lowest BCUT2D eigenvalue weighted by molar-refractivity contribution is -0.147. The van der Waals surface area contributed by atoms with Crippen molar-refractivity contribution in [3.8, 4) is 5.75 Å². The summed E-state index contributed by atoms with van der Waals surface area (Å²) in [4.78, 5) is 28.9. The summed E-state index contributed by atoms with van der Waals surface area (Å²) in [5.41, 5.74) is 3.34. The molecule has 3 aromatic rings. The Kier molecular flexibility index (Phi) is 7.88. The van der Waals surface area contributed by atoms with Gasteiger partial charge in [0, 0.05) is 57.1 Å². The van der Waals surface area contributed by atoms with Crippen LogP contribution in [0.1, 0.15) is 42.5 Å². The Labute approximate surface area is 205 Å². The fraction of sp³-hybridized carbons (Fsp3) is 0.429. The van der Waals surface area contributed by atoms with Gasteiger partial charge in [-0.25, -0.2) is 4.79 Å². The monoisotopic (exact) mass is 478 g/mol. The number of hydrogen-bond donors (Lipinski definition) is 1. The minimum absolute atomic E-state index is 0.0929. The van der Waals surface area contributed by atoms with Gasteiger partial charge in [-0.3, -0.25) is 14.6 Å². The molecule has 2 aromatic carbocycles. The number of rotatable bonds is 8. The molecule has 1 aromatic heterocycles. The molecule has 186 valence electrons. The van der Waals surface area contributed by atoms with Crippen molar-refractivity contribution in [2.45, 2.75) is 52.8 Å². The molecule has 0 unspecified atom stereocenters. The second-order valence-corrected chi connectivity index (χ2v) is 9.56. The first-order chi connectivity index (χ1) is 16.8. The third kappa shape index (κ3) is 6.29. The molecule has 0 radical (unpaired) electrons. The van der Waals surface area contributed by atoms with Crippen LogP contribution in [-0.4, -0.2) is 53.2 Å². The van der Waals surface area contributed by atoms with E-state index in [2.05, 4.69) is 34.1 Å². The van der Waals surface area contributed by atoms with E-state index in [1.54, 1.807) is 0 Å². The van der Waals surface area contributed by atoms with Crippen molar-refractivity contribution in [2.24, 2.45) is 0 Å². The van der Waals surface area contributed by atoms with Crippen LogP contribution in [0.25, 0.3) is 11.0 Å². The number of nitrogens with zero attached hydrogens (tertiary/aromatic N) is 2. The first-order valence-electron chi connectivity index (χ1n) is 12.3. The highest BCUT2D eigenvalue weighted by Crippen LogP contribution is 2.34. The van der Waals surface area contributed by atoms with E-state index < -0.39 is 5.63 Å². The standard InChI is InChI=1S/C28H34N2O5/c1-19(2)34-25(31)10-9-22-16-23-20(3)15-26(32)35-28(23)24(27(22)33)18-30-13-11-29(12-14-30)17-21-7-5-4-6-8-21/h4-8,15-16,19,33H,9-14,17-18H2,1-3H3. The van der Waals surface area contributed by atoms with Gasteiger partial charge in [0.25, 0.3) is 0 Å². The summed E-state index contributed by atoms with van der Waals surface area (Å²) in [5, 5.41) is 12.0. The van der Waals surface area contributed by atoms with Crippen LogP contribution in [0.3, 0.4) is 0 Å². The Morgan fingerprint density at radius 1 is 1.06 bits per heavy atom. The average Bonchev–Trinajstić information content (AvgIpc) is 2.81. The molecule has 1 aliphatic rings. The van der Waals surface area contributed by atoms with Crippen LogP contribution < -0.4 is 5.63 Å². The predicted octanol–water partition coefficient (Wildman–Crippen LogP) is 4.01. The van der Waals surface area contributed by atoms with Crippen LogP contribution in [0.15, 0.2) is 51.7 Å². The normalized spacial score (nSPS) is 15.1. The van der Waals surface area contributed by atoms with Gasteiger partial charge in [0.1, 0.15) is 11.3 Å². The van der Waals surface area contributed by atoms with E-state index in [0.717, 1.165) is 43.7 Å². The van der Waals surface area contributed by atoms with Gasteiger partial charge >= 0.3 is 11.6 Å². The van der Waals surface area contributed by atoms with Crippen LogP contribution >= 0.6 is 0 Å². The van der Waals surface area contributed by atoms with Crippen LogP contribution in [0.4, 0.5) is 0 Å². The largest absolute Gasteiger partial charge is 0.507 e. The highest BCUT2D eigenvalue weighted by Gasteiger charge is 2.23. The summed E-state index contributed by atoms with van der Waals surface area (Å²) in [7, 11) is 0. The van der Waals surface area contributed by atoms with Gasteiger partial charge in [0.15, 0.2) is 0 Å². The van der Waals surface area contributed by atoms with Gasteiger partial charge in [0.05, 0.1) is 11.7 Å². The lowest BCUT2D eigenvalue weighted by Crippen LogP contribution is -2.45. The Morgan fingerprint density at radius 2 is 1.71 bits per heavy atom. The Bertz CT molecular complexity index is 1230. The molecular formula is C28H34N2O5. The first-order valence-corrected chi connectivity index (χ1v) is 12.3. The van der Waals surface area contributed by atoms with Gasteiger partial charge < -0.3 is 14.3 Å². The Morgan fingerprint density at radius 3 is 2.37 bits per heavy atom. The zero-order valence-electron chi connectivity index (χ0n) is 20.8. The molecule has 1 N–H and O–H groups in total. The molecule has 4 rings (SSSR count). The first kappa shape index (κ1) is 24.9. The quantitative estimate of drug-likeness (QED) is 0.387. The molecule has 0 aliphatic carbocycles. The van der Waals surface area contributed by atoms with Crippen molar-refractivity contribution in [3.63, 3.8) is 0 Å². The van der Waals surface area contributed by atoms with E-state index in [4.69, 9.17) is 9.15 Å². The Hall–Kier alpha value is -3.16. The number of hydrogen-bond acceptors (Lipinski definition) is 7. The molecule has 7 nitrogen and oxygen atoms in total. The number of fused-ring (bicyclic) bond motifs is 1. The van der Waals surface area contributed by atoms with Crippen molar-refractivity contribution in [2.75, 3.05) is 26.2 Å². The molecule has 0 bridgehead atoms. The molecule has 0 amide bonds.